The van der Waals surface area contributed by atoms with Crippen molar-refractivity contribution in [1.29, 1.82) is 0 Å². The molecule has 2 heterocycles. The van der Waals surface area contributed by atoms with E-state index in [-0.39, 0.29) is 40.4 Å². The second kappa shape index (κ2) is 10.9. The van der Waals surface area contributed by atoms with Crippen molar-refractivity contribution in [3.8, 4) is 0 Å². The van der Waals surface area contributed by atoms with E-state index in [9.17, 15) is 14.7 Å². The van der Waals surface area contributed by atoms with Crippen LogP contribution < -0.4 is 10.6 Å². The van der Waals surface area contributed by atoms with Gasteiger partial charge in [0, 0.05) is 28.6 Å². The third kappa shape index (κ3) is 9.14. The van der Waals surface area contributed by atoms with Gasteiger partial charge < -0.3 is 20.8 Å². The topological polar surface area (TPSA) is 98.7 Å². The summed E-state index contributed by atoms with van der Waals surface area (Å²) in [6.45, 7) is 17.8. The van der Waals surface area contributed by atoms with Crippen LogP contribution in [0.25, 0.3) is 0 Å². The second-order valence-corrected chi connectivity index (χ2v) is 14.0. The number of carboxylic acid groups (broad SMARTS) is 2. The molecule has 198 valence electrons. The standard InChI is InChI=1S/C28H52N2O4/c1-25(2)15-20(16-26(3,4)29-25)19(12-10-14-23(31)32)11-9-13-22(24(33)34)21-17-27(5,6)30-28(7,8)18-21/h19-22,29-30H,9-18H2,1-8H3,(H,31,32)(H,33,34). The van der Waals surface area contributed by atoms with Gasteiger partial charge in [-0.05, 0) is 118 Å². The van der Waals surface area contributed by atoms with Crippen molar-refractivity contribution in [1.82, 2.24) is 10.6 Å². The van der Waals surface area contributed by atoms with Gasteiger partial charge in [0.1, 0.15) is 0 Å². The summed E-state index contributed by atoms with van der Waals surface area (Å²) < 4.78 is 0. The summed E-state index contributed by atoms with van der Waals surface area (Å²) in [7, 11) is 0. The number of piperidine rings is 2. The van der Waals surface area contributed by atoms with E-state index >= 15 is 0 Å². The Morgan fingerprint density at radius 3 is 1.53 bits per heavy atom. The number of rotatable bonds is 11. The Bertz CT molecular complexity index is 681. The van der Waals surface area contributed by atoms with E-state index < -0.39 is 11.9 Å². The molecule has 6 heteroatoms. The van der Waals surface area contributed by atoms with E-state index in [1.165, 1.54) is 0 Å². The van der Waals surface area contributed by atoms with E-state index in [2.05, 4.69) is 66.0 Å². The number of hydrogen-bond donors (Lipinski definition) is 4. The van der Waals surface area contributed by atoms with E-state index in [1.54, 1.807) is 0 Å². The van der Waals surface area contributed by atoms with E-state index in [0.29, 0.717) is 24.7 Å². The van der Waals surface area contributed by atoms with Crippen molar-refractivity contribution in [2.24, 2.45) is 23.7 Å². The lowest BCUT2D eigenvalue weighted by molar-refractivity contribution is -0.145. The van der Waals surface area contributed by atoms with Gasteiger partial charge in [0.15, 0.2) is 0 Å². The predicted molar refractivity (Wildman–Crippen MR) is 138 cm³/mol. The quantitative estimate of drug-likeness (QED) is 0.296. The molecule has 0 radical (unpaired) electrons. The van der Waals surface area contributed by atoms with Crippen molar-refractivity contribution >= 4 is 11.9 Å². The van der Waals surface area contributed by atoms with Crippen molar-refractivity contribution in [2.45, 2.75) is 142 Å². The first-order valence-electron chi connectivity index (χ1n) is 13.4. The lowest BCUT2D eigenvalue weighted by Crippen LogP contribution is -2.59. The normalized spacial score (nSPS) is 26.0. The zero-order valence-corrected chi connectivity index (χ0v) is 23.1. The van der Waals surface area contributed by atoms with Crippen LogP contribution in [0.15, 0.2) is 0 Å². The minimum absolute atomic E-state index is 0.0489. The lowest BCUT2D eigenvalue weighted by atomic mass is 9.67. The van der Waals surface area contributed by atoms with E-state index in [0.717, 1.165) is 44.9 Å². The summed E-state index contributed by atoms with van der Waals surface area (Å²) in [6, 6.07) is 0. The van der Waals surface area contributed by atoms with Crippen LogP contribution in [0.4, 0.5) is 0 Å². The first-order chi connectivity index (χ1) is 15.4. The van der Waals surface area contributed by atoms with Gasteiger partial charge in [-0.1, -0.05) is 12.8 Å². The number of hydrogen-bond acceptors (Lipinski definition) is 4. The van der Waals surface area contributed by atoms with Crippen LogP contribution in [0.2, 0.25) is 0 Å². The maximum atomic E-state index is 12.3. The zero-order chi connectivity index (χ0) is 25.9. The van der Waals surface area contributed by atoms with Crippen LogP contribution in [-0.2, 0) is 9.59 Å². The molecule has 2 atom stereocenters. The van der Waals surface area contributed by atoms with Gasteiger partial charge in [-0.3, -0.25) is 9.59 Å². The van der Waals surface area contributed by atoms with Crippen LogP contribution >= 0.6 is 0 Å². The van der Waals surface area contributed by atoms with Gasteiger partial charge >= 0.3 is 11.9 Å². The molecule has 4 N–H and O–H groups in total. The number of aliphatic carboxylic acids is 2. The second-order valence-electron chi connectivity index (χ2n) is 14.0. The maximum Gasteiger partial charge on any atom is 0.306 e. The molecular weight excluding hydrogens is 428 g/mol. The van der Waals surface area contributed by atoms with Crippen molar-refractivity contribution in [2.75, 3.05) is 0 Å². The monoisotopic (exact) mass is 480 g/mol. The first-order valence-corrected chi connectivity index (χ1v) is 13.4. The number of nitrogens with one attached hydrogen (secondary N) is 2. The fourth-order valence-electron chi connectivity index (χ4n) is 7.71. The molecule has 2 aliphatic heterocycles. The molecule has 0 saturated carbocycles. The van der Waals surface area contributed by atoms with Crippen LogP contribution in [0.5, 0.6) is 0 Å². The van der Waals surface area contributed by atoms with Crippen molar-refractivity contribution < 1.29 is 19.8 Å². The Morgan fingerprint density at radius 1 is 0.706 bits per heavy atom. The fourth-order valence-corrected chi connectivity index (χ4v) is 7.71. The third-order valence-corrected chi connectivity index (χ3v) is 8.05. The first kappa shape index (κ1) is 29.1. The van der Waals surface area contributed by atoms with Crippen LogP contribution in [-0.4, -0.2) is 44.3 Å². The molecular formula is C28H52N2O4. The molecule has 0 aromatic rings. The van der Waals surface area contributed by atoms with Gasteiger partial charge in [0.25, 0.3) is 0 Å². The molecule has 0 amide bonds. The highest BCUT2D eigenvalue weighted by Crippen LogP contribution is 2.42. The molecule has 0 aromatic heterocycles. The van der Waals surface area contributed by atoms with Gasteiger partial charge in [-0.25, -0.2) is 0 Å². The summed E-state index contributed by atoms with van der Waals surface area (Å²) in [4.78, 5) is 23.5. The molecule has 2 fully saturated rings. The Kier molecular flexibility index (Phi) is 9.29. The summed E-state index contributed by atoms with van der Waals surface area (Å²) in [5, 5.41) is 26.7. The minimum Gasteiger partial charge on any atom is -0.481 e. The number of carbonyl (C=O) groups is 2. The van der Waals surface area contributed by atoms with E-state index in [1.807, 2.05) is 0 Å². The highest BCUT2D eigenvalue weighted by atomic mass is 16.4. The molecule has 0 spiro atoms. The Hall–Kier alpha value is -1.14. The van der Waals surface area contributed by atoms with Crippen molar-refractivity contribution in [3.05, 3.63) is 0 Å². The molecule has 34 heavy (non-hydrogen) atoms. The molecule has 6 nitrogen and oxygen atoms in total. The lowest BCUT2D eigenvalue weighted by Gasteiger charge is -2.49. The molecule has 2 aliphatic rings. The minimum atomic E-state index is -0.730. The zero-order valence-electron chi connectivity index (χ0n) is 23.1. The third-order valence-electron chi connectivity index (χ3n) is 8.05. The predicted octanol–water partition coefficient (Wildman–Crippen LogP) is 5.84. The summed E-state index contributed by atoms with van der Waals surface area (Å²) in [5.41, 5.74) is -0.0296. The van der Waals surface area contributed by atoms with E-state index in [4.69, 9.17) is 5.11 Å². The summed E-state index contributed by atoms with van der Waals surface area (Å²) in [6.07, 6.45) is 8.32. The Balaban J connectivity index is 2.08. The average molecular weight is 481 g/mol. The molecule has 2 rings (SSSR count). The summed E-state index contributed by atoms with van der Waals surface area (Å²) >= 11 is 0. The van der Waals surface area contributed by atoms with Crippen molar-refractivity contribution in [3.63, 3.8) is 0 Å². The molecule has 0 bridgehead atoms. The van der Waals surface area contributed by atoms with Crippen LogP contribution in [0.3, 0.4) is 0 Å². The molecule has 2 saturated heterocycles. The van der Waals surface area contributed by atoms with Crippen LogP contribution in [0.1, 0.15) is 120 Å². The van der Waals surface area contributed by atoms with Gasteiger partial charge in [-0.15, -0.1) is 0 Å². The van der Waals surface area contributed by atoms with Crippen LogP contribution in [0, 0.1) is 23.7 Å². The Labute approximate surface area is 208 Å². The number of carboxylic acids is 2. The Morgan fingerprint density at radius 2 is 1.12 bits per heavy atom. The maximum absolute atomic E-state index is 12.3. The highest BCUT2D eigenvalue weighted by molar-refractivity contribution is 5.70. The smallest absolute Gasteiger partial charge is 0.306 e. The SMILES string of the molecule is CC1(C)CC(C(CCCC(=O)O)CCCC(C(=O)O)C2CC(C)(C)NC(C)(C)C2)CC(C)(C)N1. The van der Waals surface area contributed by atoms with Gasteiger partial charge in [0.05, 0.1) is 5.92 Å². The largest absolute Gasteiger partial charge is 0.481 e. The summed E-state index contributed by atoms with van der Waals surface area (Å²) in [5.74, 6) is -0.570. The highest BCUT2D eigenvalue weighted by Gasteiger charge is 2.43. The van der Waals surface area contributed by atoms with Gasteiger partial charge in [0.2, 0.25) is 0 Å². The fraction of sp³-hybridized carbons (Fsp3) is 0.929. The average Bonchev–Trinajstić information content (AvgIpc) is 2.57. The molecule has 0 aromatic carbocycles. The molecule has 0 aliphatic carbocycles. The van der Waals surface area contributed by atoms with Gasteiger partial charge in [-0.2, -0.15) is 0 Å². The molecule has 2 unspecified atom stereocenters.